The van der Waals surface area contributed by atoms with Gasteiger partial charge in [-0.2, -0.15) is 0 Å². The maximum Gasteiger partial charge on any atom is 0.338 e. The molecule has 0 atom stereocenters. The van der Waals surface area contributed by atoms with Gasteiger partial charge in [0.15, 0.2) is 6.61 Å². The van der Waals surface area contributed by atoms with Crippen LogP contribution in [0.15, 0.2) is 29.1 Å². The van der Waals surface area contributed by atoms with Crippen molar-refractivity contribution < 1.29 is 14.3 Å². The summed E-state index contributed by atoms with van der Waals surface area (Å²) in [7, 11) is 0. The summed E-state index contributed by atoms with van der Waals surface area (Å²) in [4.78, 5) is 42.8. The van der Waals surface area contributed by atoms with Gasteiger partial charge in [-0.1, -0.05) is 13.3 Å². The molecule has 0 saturated carbocycles. The second-order valence-electron chi connectivity index (χ2n) is 8.46. The van der Waals surface area contributed by atoms with Crippen LogP contribution in [-0.2, 0) is 24.2 Å². The molecule has 32 heavy (non-hydrogen) atoms. The summed E-state index contributed by atoms with van der Waals surface area (Å²) in [6, 6.07) is 6.62. The SMILES string of the molecule is CCCn1c(C)cc(C(=O)COC(=O)c2ccc3c(=O)n4c(nc3c2)CCCCC4)c1C. The first kappa shape index (κ1) is 22.0. The number of benzene rings is 1. The van der Waals surface area contributed by atoms with Crippen LogP contribution < -0.4 is 5.56 Å². The number of nitrogens with zero attached hydrogens (tertiary/aromatic N) is 3. The zero-order valence-electron chi connectivity index (χ0n) is 18.9. The van der Waals surface area contributed by atoms with E-state index < -0.39 is 5.97 Å². The van der Waals surface area contributed by atoms with Gasteiger partial charge >= 0.3 is 5.97 Å². The predicted octanol–water partition coefficient (Wildman–Crippen LogP) is 3.99. The van der Waals surface area contributed by atoms with Crippen molar-refractivity contribution in [1.29, 1.82) is 0 Å². The summed E-state index contributed by atoms with van der Waals surface area (Å²) < 4.78 is 9.17. The summed E-state index contributed by atoms with van der Waals surface area (Å²) in [5, 5.41) is 0.492. The summed E-state index contributed by atoms with van der Waals surface area (Å²) in [5.41, 5.74) is 3.20. The number of hydrogen-bond donors (Lipinski definition) is 0. The van der Waals surface area contributed by atoms with Crippen molar-refractivity contribution in [2.75, 3.05) is 6.61 Å². The van der Waals surface area contributed by atoms with E-state index in [0.717, 1.165) is 55.9 Å². The summed E-state index contributed by atoms with van der Waals surface area (Å²) in [6.07, 6.45) is 4.78. The monoisotopic (exact) mass is 435 g/mol. The molecule has 2 aromatic heterocycles. The van der Waals surface area contributed by atoms with E-state index in [2.05, 4.69) is 16.5 Å². The summed E-state index contributed by atoms with van der Waals surface area (Å²) >= 11 is 0. The summed E-state index contributed by atoms with van der Waals surface area (Å²) in [5.74, 6) is -0.0566. The number of hydrogen-bond acceptors (Lipinski definition) is 5. The minimum absolute atomic E-state index is 0.0653. The van der Waals surface area contributed by atoms with Crippen LogP contribution in [0.1, 0.15) is 70.5 Å². The van der Waals surface area contributed by atoms with Crippen LogP contribution in [-0.4, -0.2) is 32.5 Å². The molecular weight excluding hydrogens is 406 g/mol. The number of carbonyl (C=O) groups is 2. The zero-order chi connectivity index (χ0) is 22.8. The fourth-order valence-electron chi connectivity index (χ4n) is 4.49. The van der Waals surface area contributed by atoms with Crippen molar-refractivity contribution in [3.05, 3.63) is 63.0 Å². The minimum atomic E-state index is -0.598. The Morgan fingerprint density at radius 3 is 2.72 bits per heavy atom. The van der Waals surface area contributed by atoms with Crippen molar-refractivity contribution in [1.82, 2.24) is 14.1 Å². The lowest BCUT2D eigenvalue weighted by Crippen LogP contribution is -2.24. The van der Waals surface area contributed by atoms with Gasteiger partial charge in [-0.3, -0.25) is 14.2 Å². The quantitative estimate of drug-likeness (QED) is 0.432. The fraction of sp³-hybridized carbons (Fsp3) is 0.440. The van der Waals surface area contributed by atoms with Crippen LogP contribution in [0.5, 0.6) is 0 Å². The average molecular weight is 436 g/mol. The second kappa shape index (κ2) is 9.10. The van der Waals surface area contributed by atoms with E-state index in [9.17, 15) is 14.4 Å². The molecule has 0 fully saturated rings. The molecular formula is C25H29N3O4. The van der Waals surface area contributed by atoms with Gasteiger partial charge in [-0.15, -0.1) is 0 Å². The van der Waals surface area contributed by atoms with E-state index in [1.165, 1.54) is 0 Å². The van der Waals surface area contributed by atoms with Crippen molar-refractivity contribution in [3.8, 4) is 0 Å². The van der Waals surface area contributed by atoms with E-state index in [-0.39, 0.29) is 23.5 Å². The Morgan fingerprint density at radius 2 is 1.94 bits per heavy atom. The Kier molecular flexibility index (Phi) is 6.26. The molecule has 0 radical (unpaired) electrons. The predicted molar refractivity (Wildman–Crippen MR) is 122 cm³/mol. The molecule has 168 valence electrons. The number of carbonyl (C=O) groups excluding carboxylic acids is 2. The number of rotatable bonds is 6. The highest BCUT2D eigenvalue weighted by Gasteiger charge is 2.19. The molecule has 0 saturated heterocycles. The smallest absolute Gasteiger partial charge is 0.338 e. The van der Waals surface area contributed by atoms with Crippen molar-refractivity contribution in [3.63, 3.8) is 0 Å². The molecule has 0 N–H and O–H groups in total. The van der Waals surface area contributed by atoms with Crippen LogP contribution in [0, 0.1) is 13.8 Å². The highest BCUT2D eigenvalue weighted by Crippen LogP contribution is 2.18. The van der Waals surface area contributed by atoms with E-state index in [4.69, 9.17) is 4.74 Å². The Labute approximate surface area is 187 Å². The zero-order valence-corrected chi connectivity index (χ0v) is 18.9. The third-order valence-corrected chi connectivity index (χ3v) is 6.21. The van der Waals surface area contributed by atoms with Gasteiger partial charge in [-0.25, -0.2) is 9.78 Å². The number of ketones is 1. The van der Waals surface area contributed by atoms with Crippen LogP contribution in [0.2, 0.25) is 0 Å². The Balaban J connectivity index is 1.52. The molecule has 0 amide bonds. The topological polar surface area (TPSA) is 83.2 Å². The number of Topliss-reactive ketones (excluding diaryl/α,β-unsaturated/α-hetero) is 1. The second-order valence-corrected chi connectivity index (χ2v) is 8.46. The largest absolute Gasteiger partial charge is 0.454 e. The van der Waals surface area contributed by atoms with Gasteiger partial charge in [0.05, 0.1) is 16.5 Å². The molecule has 1 aliphatic rings. The van der Waals surface area contributed by atoms with Crippen LogP contribution in [0.25, 0.3) is 10.9 Å². The van der Waals surface area contributed by atoms with E-state index in [1.807, 2.05) is 19.9 Å². The normalized spacial score (nSPS) is 13.6. The van der Waals surface area contributed by atoms with Crippen molar-refractivity contribution in [2.24, 2.45) is 0 Å². The molecule has 3 heterocycles. The number of aromatic nitrogens is 3. The third-order valence-electron chi connectivity index (χ3n) is 6.21. The van der Waals surface area contributed by atoms with Crippen LogP contribution in [0.3, 0.4) is 0 Å². The minimum Gasteiger partial charge on any atom is -0.454 e. The number of aryl methyl sites for hydroxylation is 2. The molecule has 7 heteroatoms. The molecule has 4 rings (SSSR count). The third kappa shape index (κ3) is 4.11. The molecule has 0 spiro atoms. The van der Waals surface area contributed by atoms with Crippen molar-refractivity contribution >= 4 is 22.7 Å². The molecule has 0 aliphatic carbocycles. The lowest BCUT2D eigenvalue weighted by atomic mass is 10.1. The highest BCUT2D eigenvalue weighted by molar-refractivity contribution is 6.01. The number of ether oxygens (including phenoxy) is 1. The van der Waals surface area contributed by atoms with Crippen molar-refractivity contribution in [2.45, 2.75) is 66.0 Å². The first-order valence-electron chi connectivity index (χ1n) is 11.3. The average Bonchev–Trinajstić information content (AvgIpc) is 2.95. The lowest BCUT2D eigenvalue weighted by Gasteiger charge is -2.11. The highest BCUT2D eigenvalue weighted by atomic mass is 16.5. The van der Waals surface area contributed by atoms with Gasteiger partial charge in [-0.05, 0) is 57.4 Å². The maximum atomic E-state index is 12.8. The fourth-order valence-corrected chi connectivity index (χ4v) is 4.49. The molecule has 1 aliphatic heterocycles. The Morgan fingerprint density at radius 1 is 1.12 bits per heavy atom. The maximum absolute atomic E-state index is 12.8. The Hall–Kier alpha value is -3.22. The van der Waals surface area contributed by atoms with Crippen LogP contribution >= 0.6 is 0 Å². The number of fused-ring (bicyclic) bond motifs is 2. The van der Waals surface area contributed by atoms with E-state index >= 15 is 0 Å². The first-order valence-corrected chi connectivity index (χ1v) is 11.3. The van der Waals surface area contributed by atoms with E-state index in [1.54, 1.807) is 22.8 Å². The standard InChI is InChI=1S/C25H29N3O4/c1-4-11-27-16(2)13-20(17(27)3)22(29)15-32-25(31)18-9-10-19-21(14-18)26-23-8-6-5-7-12-28(23)24(19)30/h9-10,13-14H,4-8,11-12,15H2,1-3H3. The lowest BCUT2D eigenvalue weighted by molar-refractivity contribution is 0.0474. The molecule has 1 aromatic carbocycles. The molecule has 0 unspecified atom stereocenters. The number of esters is 1. The van der Waals surface area contributed by atoms with Gasteiger partial charge < -0.3 is 9.30 Å². The van der Waals surface area contributed by atoms with Gasteiger partial charge in [0.2, 0.25) is 5.78 Å². The van der Waals surface area contributed by atoms with Crippen LogP contribution in [0.4, 0.5) is 0 Å². The molecule has 3 aromatic rings. The van der Waals surface area contributed by atoms with Gasteiger partial charge in [0, 0.05) is 36.5 Å². The molecule has 0 bridgehead atoms. The van der Waals surface area contributed by atoms with Gasteiger partial charge in [0.1, 0.15) is 5.82 Å². The molecule has 7 nitrogen and oxygen atoms in total. The first-order chi connectivity index (χ1) is 15.4. The Bertz CT molecular complexity index is 1250. The van der Waals surface area contributed by atoms with Gasteiger partial charge in [0.25, 0.3) is 5.56 Å². The van der Waals surface area contributed by atoms with E-state index in [0.29, 0.717) is 23.0 Å². The summed E-state index contributed by atoms with van der Waals surface area (Å²) in [6.45, 7) is 7.17.